The van der Waals surface area contributed by atoms with Gasteiger partial charge >= 0.3 is 0 Å². The third-order valence-electron chi connectivity index (χ3n) is 3.16. The molecule has 0 spiro atoms. The van der Waals surface area contributed by atoms with Gasteiger partial charge in [-0.15, -0.1) is 0 Å². The fraction of sp³-hybridized carbons (Fsp3) is 0.333. The van der Waals surface area contributed by atoms with Crippen molar-refractivity contribution in [2.45, 2.75) is 33.4 Å². The highest BCUT2D eigenvalue weighted by molar-refractivity contribution is 9.10. The second kappa shape index (κ2) is 7.09. The summed E-state index contributed by atoms with van der Waals surface area (Å²) in [7, 11) is 0. The normalized spacial score (nSPS) is 10.7. The fourth-order valence-corrected chi connectivity index (χ4v) is 2.67. The van der Waals surface area contributed by atoms with Crippen LogP contribution in [0.3, 0.4) is 0 Å². The van der Waals surface area contributed by atoms with Gasteiger partial charge in [-0.3, -0.25) is 9.48 Å². The first-order valence-corrected chi connectivity index (χ1v) is 7.89. The molecule has 21 heavy (non-hydrogen) atoms. The first-order valence-electron chi connectivity index (χ1n) is 6.72. The Morgan fingerprint density at radius 3 is 2.81 bits per heavy atom. The van der Waals surface area contributed by atoms with Crippen LogP contribution in [0.1, 0.15) is 35.6 Å². The van der Waals surface area contributed by atoms with Crippen molar-refractivity contribution >= 4 is 33.8 Å². The third kappa shape index (κ3) is 3.47. The number of rotatable bonds is 6. The number of aromatic nitrogens is 2. The van der Waals surface area contributed by atoms with Crippen LogP contribution in [-0.4, -0.2) is 16.1 Å². The number of carbonyl (C=O) groups is 1. The van der Waals surface area contributed by atoms with Crippen LogP contribution in [0.25, 0.3) is 0 Å². The van der Waals surface area contributed by atoms with Crippen molar-refractivity contribution < 1.29 is 9.53 Å². The van der Waals surface area contributed by atoms with E-state index in [0.717, 1.165) is 35.1 Å². The molecule has 0 unspecified atom stereocenters. The van der Waals surface area contributed by atoms with Gasteiger partial charge in [0.15, 0.2) is 6.29 Å². The van der Waals surface area contributed by atoms with E-state index < -0.39 is 0 Å². The SMILES string of the molecule is CCc1nn(CC)c(COc2ccc(Br)c(C=O)c2)c1Cl. The Balaban J connectivity index is 2.20. The van der Waals surface area contributed by atoms with Gasteiger partial charge in [0.05, 0.1) is 16.4 Å². The van der Waals surface area contributed by atoms with Crippen molar-refractivity contribution in [2.24, 2.45) is 0 Å². The first kappa shape index (κ1) is 16.0. The highest BCUT2D eigenvalue weighted by atomic mass is 79.9. The molecule has 2 aromatic rings. The molecule has 0 aliphatic heterocycles. The van der Waals surface area contributed by atoms with Crippen molar-refractivity contribution in [2.75, 3.05) is 0 Å². The quantitative estimate of drug-likeness (QED) is 0.712. The van der Waals surface area contributed by atoms with E-state index in [9.17, 15) is 4.79 Å². The van der Waals surface area contributed by atoms with E-state index in [1.807, 2.05) is 18.5 Å². The zero-order valence-electron chi connectivity index (χ0n) is 11.9. The van der Waals surface area contributed by atoms with E-state index in [0.29, 0.717) is 22.9 Å². The van der Waals surface area contributed by atoms with Crippen molar-refractivity contribution in [1.82, 2.24) is 9.78 Å². The van der Waals surface area contributed by atoms with Crippen LogP contribution in [0.5, 0.6) is 5.75 Å². The first-order chi connectivity index (χ1) is 10.1. The number of aldehydes is 1. The number of nitrogens with zero attached hydrogens (tertiary/aromatic N) is 2. The van der Waals surface area contributed by atoms with Crippen LogP contribution in [0.2, 0.25) is 5.02 Å². The van der Waals surface area contributed by atoms with E-state index in [1.54, 1.807) is 18.2 Å². The summed E-state index contributed by atoms with van der Waals surface area (Å²) in [6.45, 7) is 5.08. The van der Waals surface area contributed by atoms with Crippen molar-refractivity contribution in [1.29, 1.82) is 0 Å². The number of halogens is 2. The van der Waals surface area contributed by atoms with Crippen LogP contribution >= 0.6 is 27.5 Å². The zero-order valence-corrected chi connectivity index (χ0v) is 14.2. The van der Waals surface area contributed by atoms with E-state index in [1.165, 1.54) is 0 Å². The minimum Gasteiger partial charge on any atom is -0.487 e. The number of aryl methyl sites for hydroxylation is 2. The summed E-state index contributed by atoms with van der Waals surface area (Å²) < 4.78 is 8.34. The molecular weight excluding hydrogens is 356 g/mol. The molecule has 0 aliphatic rings. The number of hydrogen-bond donors (Lipinski definition) is 0. The van der Waals surface area contributed by atoms with Crippen molar-refractivity contribution in [3.8, 4) is 5.75 Å². The van der Waals surface area contributed by atoms with Gasteiger partial charge in [-0.25, -0.2) is 0 Å². The second-order valence-electron chi connectivity index (χ2n) is 4.47. The molecule has 1 heterocycles. The lowest BCUT2D eigenvalue weighted by atomic mass is 10.2. The van der Waals surface area contributed by atoms with Gasteiger partial charge in [-0.05, 0) is 31.5 Å². The molecule has 0 saturated carbocycles. The molecule has 1 aromatic heterocycles. The molecule has 0 N–H and O–H groups in total. The Bertz CT molecular complexity index is 655. The largest absolute Gasteiger partial charge is 0.487 e. The molecule has 0 amide bonds. The molecule has 0 bridgehead atoms. The third-order valence-corrected chi connectivity index (χ3v) is 4.32. The fourth-order valence-electron chi connectivity index (χ4n) is 2.01. The van der Waals surface area contributed by atoms with E-state index in [4.69, 9.17) is 16.3 Å². The standard InChI is InChI=1S/C15H16BrClN2O2/c1-3-13-15(17)14(19(4-2)18-13)9-21-11-5-6-12(16)10(7-11)8-20/h5-8H,3-4,9H2,1-2H3. The topological polar surface area (TPSA) is 44.1 Å². The number of carbonyl (C=O) groups excluding carboxylic acids is 1. The molecule has 0 saturated heterocycles. The molecule has 0 fully saturated rings. The molecule has 1 aromatic carbocycles. The summed E-state index contributed by atoms with van der Waals surface area (Å²) in [5, 5.41) is 5.11. The molecule has 112 valence electrons. The molecule has 0 radical (unpaired) electrons. The highest BCUT2D eigenvalue weighted by Gasteiger charge is 2.15. The minimum atomic E-state index is 0.319. The maximum atomic E-state index is 10.9. The lowest BCUT2D eigenvalue weighted by molar-refractivity contribution is 0.112. The summed E-state index contributed by atoms with van der Waals surface area (Å²) in [4.78, 5) is 10.9. The molecule has 2 rings (SSSR count). The summed E-state index contributed by atoms with van der Waals surface area (Å²) in [5.41, 5.74) is 2.28. The molecular formula is C15H16BrClN2O2. The van der Waals surface area contributed by atoms with Crippen molar-refractivity contribution in [3.63, 3.8) is 0 Å². The number of hydrogen-bond acceptors (Lipinski definition) is 3. The summed E-state index contributed by atoms with van der Waals surface area (Å²) >= 11 is 9.64. The second-order valence-corrected chi connectivity index (χ2v) is 5.70. The predicted molar refractivity (Wildman–Crippen MR) is 86.2 cm³/mol. The molecule has 6 heteroatoms. The highest BCUT2D eigenvalue weighted by Crippen LogP contribution is 2.25. The van der Waals surface area contributed by atoms with E-state index in [-0.39, 0.29) is 0 Å². The summed E-state index contributed by atoms with van der Waals surface area (Å²) in [6, 6.07) is 5.28. The monoisotopic (exact) mass is 370 g/mol. The molecule has 0 atom stereocenters. The van der Waals surface area contributed by atoms with Gasteiger partial charge in [0, 0.05) is 16.6 Å². The Morgan fingerprint density at radius 2 is 2.19 bits per heavy atom. The van der Waals surface area contributed by atoms with Crippen LogP contribution < -0.4 is 4.74 Å². The lowest BCUT2D eigenvalue weighted by Crippen LogP contribution is -2.06. The van der Waals surface area contributed by atoms with Crippen LogP contribution in [-0.2, 0) is 19.6 Å². The van der Waals surface area contributed by atoms with E-state index in [2.05, 4.69) is 21.0 Å². The maximum Gasteiger partial charge on any atom is 0.151 e. The lowest BCUT2D eigenvalue weighted by Gasteiger charge is -2.09. The van der Waals surface area contributed by atoms with Crippen LogP contribution in [0.15, 0.2) is 22.7 Å². The molecule has 0 aliphatic carbocycles. The summed E-state index contributed by atoms with van der Waals surface area (Å²) in [5.74, 6) is 0.623. The van der Waals surface area contributed by atoms with Crippen LogP contribution in [0, 0.1) is 0 Å². The Kier molecular flexibility index (Phi) is 5.42. The van der Waals surface area contributed by atoms with Gasteiger partial charge in [-0.1, -0.05) is 34.5 Å². The maximum absolute atomic E-state index is 10.9. The van der Waals surface area contributed by atoms with Crippen LogP contribution in [0.4, 0.5) is 0 Å². The van der Waals surface area contributed by atoms with E-state index >= 15 is 0 Å². The Morgan fingerprint density at radius 1 is 1.43 bits per heavy atom. The molecule has 4 nitrogen and oxygen atoms in total. The zero-order chi connectivity index (χ0) is 15.4. The smallest absolute Gasteiger partial charge is 0.151 e. The van der Waals surface area contributed by atoms with Gasteiger partial charge in [0.2, 0.25) is 0 Å². The van der Waals surface area contributed by atoms with Gasteiger partial charge in [0.1, 0.15) is 12.4 Å². The Hall–Kier alpha value is -1.33. The average molecular weight is 372 g/mol. The predicted octanol–water partition coefficient (Wildman–Crippen LogP) is 4.27. The van der Waals surface area contributed by atoms with Crippen molar-refractivity contribution in [3.05, 3.63) is 44.6 Å². The summed E-state index contributed by atoms with van der Waals surface area (Å²) in [6.07, 6.45) is 1.57. The Labute approximate surface area is 137 Å². The van der Waals surface area contributed by atoms with Gasteiger partial charge in [0.25, 0.3) is 0 Å². The number of ether oxygens (including phenoxy) is 1. The minimum absolute atomic E-state index is 0.319. The van der Waals surface area contributed by atoms with Gasteiger partial charge in [-0.2, -0.15) is 5.10 Å². The van der Waals surface area contributed by atoms with Gasteiger partial charge < -0.3 is 4.74 Å². The average Bonchev–Trinajstić information content (AvgIpc) is 2.82. The number of benzene rings is 1.